The van der Waals surface area contributed by atoms with Crippen LogP contribution in [0.3, 0.4) is 0 Å². The van der Waals surface area contributed by atoms with E-state index in [1.54, 1.807) is 0 Å². The van der Waals surface area contributed by atoms with Crippen LogP contribution in [0.2, 0.25) is 0 Å². The number of carbonyl (C=O) groups excluding carboxylic acids is 1. The lowest BCUT2D eigenvalue weighted by molar-refractivity contribution is 0.107. The lowest BCUT2D eigenvalue weighted by Gasteiger charge is -2.15. The maximum absolute atomic E-state index is 10.8. The van der Waals surface area contributed by atoms with Crippen molar-refractivity contribution in [2.45, 2.75) is 9.79 Å². The number of hydrogen-bond donors (Lipinski definition) is 0. The van der Waals surface area contributed by atoms with Crippen molar-refractivity contribution in [3.8, 4) is 0 Å². The lowest BCUT2D eigenvalue weighted by atomic mass is 10.2. The highest BCUT2D eigenvalue weighted by Crippen LogP contribution is 2.22. The minimum Gasteiger partial charge on any atom is -0.768 e. The zero-order valence-electron chi connectivity index (χ0n) is 6.97. The van der Waals surface area contributed by atoms with Crippen molar-refractivity contribution in [2.75, 3.05) is 0 Å². The quantitative estimate of drug-likeness (QED) is 0.587. The van der Waals surface area contributed by atoms with E-state index in [0.717, 1.165) is 12.1 Å². The molecule has 0 bridgehead atoms. The Balaban J connectivity index is 3.56. The number of benzene rings is 1. The first-order valence-corrected chi connectivity index (χ1v) is 5.99. The Labute approximate surface area is 95.0 Å². The smallest absolute Gasteiger partial charge is 0.253 e. The topological polar surface area (TPSA) is 97.3 Å². The molecule has 0 aliphatic carbocycles. The average molecular weight is 267 g/mol. The van der Waals surface area contributed by atoms with E-state index in [4.69, 9.17) is 11.6 Å². The van der Waals surface area contributed by atoms with E-state index >= 15 is 0 Å². The minimum atomic E-state index is -2.84. The number of halogens is 1. The summed E-state index contributed by atoms with van der Waals surface area (Å²) in [4.78, 5) is 9.75. The first-order chi connectivity index (χ1) is 6.95. The Bertz CT molecular complexity index is 426. The van der Waals surface area contributed by atoms with Gasteiger partial charge in [0.05, 0.1) is 10.5 Å². The van der Waals surface area contributed by atoms with Gasteiger partial charge in [0.1, 0.15) is 0 Å². The second-order valence-electron chi connectivity index (χ2n) is 2.38. The van der Waals surface area contributed by atoms with Crippen LogP contribution < -0.4 is 0 Å². The molecule has 0 amide bonds. The fourth-order valence-corrected chi connectivity index (χ4v) is 2.62. The second-order valence-corrected chi connectivity index (χ2v) is 4.51. The van der Waals surface area contributed by atoms with Crippen LogP contribution in [0, 0.1) is 0 Å². The van der Waals surface area contributed by atoms with Gasteiger partial charge in [-0.3, -0.25) is 13.2 Å². The monoisotopic (exact) mass is 266 g/mol. The molecule has 0 aliphatic rings. The molecular weight excluding hydrogens is 264 g/mol. The van der Waals surface area contributed by atoms with Gasteiger partial charge in [-0.25, -0.2) is 0 Å². The van der Waals surface area contributed by atoms with Gasteiger partial charge < -0.3 is 9.11 Å². The third-order valence-corrected chi connectivity index (χ3v) is 3.34. The summed E-state index contributed by atoms with van der Waals surface area (Å²) in [5.74, 6) is 0. The van der Waals surface area contributed by atoms with Crippen molar-refractivity contribution >= 4 is 39.0 Å². The molecule has 1 aromatic carbocycles. The standard InChI is InChI=1S/C7H5ClO5S2/c8-7(9)4-2-1-3-5(14(10)11)6(4)15(12)13/h1-3H,(H,10,11)(H,12,13)/p-2. The van der Waals surface area contributed by atoms with E-state index < -0.39 is 37.2 Å². The summed E-state index contributed by atoms with van der Waals surface area (Å²) < 4.78 is 42.9. The predicted octanol–water partition coefficient (Wildman–Crippen LogP) is 0.542. The maximum Gasteiger partial charge on any atom is 0.253 e. The van der Waals surface area contributed by atoms with Gasteiger partial charge >= 0.3 is 0 Å². The number of rotatable bonds is 3. The molecule has 0 saturated carbocycles. The van der Waals surface area contributed by atoms with E-state index in [0.29, 0.717) is 0 Å². The zero-order chi connectivity index (χ0) is 11.6. The van der Waals surface area contributed by atoms with Crippen molar-refractivity contribution in [3.05, 3.63) is 23.8 Å². The van der Waals surface area contributed by atoms with E-state index in [-0.39, 0.29) is 5.56 Å². The van der Waals surface area contributed by atoms with Gasteiger partial charge in [0.2, 0.25) is 0 Å². The summed E-state index contributed by atoms with van der Waals surface area (Å²) in [6, 6.07) is 3.44. The fraction of sp³-hybridized carbons (Fsp3) is 0. The van der Waals surface area contributed by atoms with Crippen molar-refractivity contribution in [3.63, 3.8) is 0 Å². The van der Waals surface area contributed by atoms with Crippen LogP contribution in [-0.4, -0.2) is 22.8 Å². The molecule has 2 unspecified atom stereocenters. The third-order valence-electron chi connectivity index (χ3n) is 1.54. The van der Waals surface area contributed by atoms with Gasteiger partial charge in [0, 0.05) is 4.90 Å². The Morgan fingerprint density at radius 3 is 2.20 bits per heavy atom. The number of hydrogen-bond acceptors (Lipinski definition) is 5. The zero-order valence-corrected chi connectivity index (χ0v) is 9.36. The van der Waals surface area contributed by atoms with Crippen molar-refractivity contribution in [2.24, 2.45) is 0 Å². The molecule has 8 heteroatoms. The highest BCUT2D eigenvalue weighted by molar-refractivity contribution is 7.82. The third kappa shape index (κ3) is 2.70. The average Bonchev–Trinajstić information content (AvgIpc) is 2.16. The Morgan fingerprint density at radius 2 is 1.80 bits per heavy atom. The summed E-state index contributed by atoms with van der Waals surface area (Å²) in [6.07, 6.45) is 0. The molecule has 0 radical (unpaired) electrons. The van der Waals surface area contributed by atoms with Crippen LogP contribution in [0.15, 0.2) is 28.0 Å². The maximum atomic E-state index is 10.8. The van der Waals surface area contributed by atoms with Crippen LogP contribution in [-0.2, 0) is 22.2 Å². The molecule has 1 rings (SSSR count). The molecule has 15 heavy (non-hydrogen) atoms. The normalized spacial score (nSPS) is 14.6. The van der Waals surface area contributed by atoms with E-state index in [1.165, 1.54) is 6.07 Å². The van der Waals surface area contributed by atoms with E-state index in [9.17, 15) is 22.3 Å². The Hall–Kier alpha value is -0.600. The van der Waals surface area contributed by atoms with E-state index in [1.807, 2.05) is 0 Å². The van der Waals surface area contributed by atoms with Crippen LogP contribution in [0.25, 0.3) is 0 Å². The second kappa shape index (κ2) is 4.95. The predicted molar refractivity (Wildman–Crippen MR) is 51.0 cm³/mol. The van der Waals surface area contributed by atoms with Crippen LogP contribution >= 0.6 is 11.6 Å². The molecular formula is C7H3ClO5S2-2. The summed E-state index contributed by atoms with van der Waals surface area (Å²) in [7, 11) is 0. The molecule has 2 atom stereocenters. The molecule has 0 spiro atoms. The molecule has 82 valence electrons. The molecule has 5 nitrogen and oxygen atoms in total. The highest BCUT2D eigenvalue weighted by atomic mass is 35.5. The fourth-order valence-electron chi connectivity index (χ4n) is 0.974. The van der Waals surface area contributed by atoms with Gasteiger partial charge in [-0.2, -0.15) is 0 Å². The van der Waals surface area contributed by atoms with Crippen molar-refractivity contribution < 1.29 is 22.3 Å². The van der Waals surface area contributed by atoms with Gasteiger partial charge in [-0.1, -0.05) is 6.07 Å². The molecule has 0 N–H and O–H groups in total. The highest BCUT2D eigenvalue weighted by Gasteiger charge is 2.14. The van der Waals surface area contributed by atoms with Gasteiger partial charge in [-0.05, 0) is 45.9 Å². The molecule has 0 heterocycles. The van der Waals surface area contributed by atoms with Gasteiger partial charge in [-0.15, -0.1) is 0 Å². The largest absolute Gasteiger partial charge is 0.768 e. The van der Waals surface area contributed by atoms with Gasteiger partial charge in [0.15, 0.2) is 0 Å². The SMILES string of the molecule is O=C(Cl)c1cccc(S(=O)[O-])c1S(=O)[O-]. The molecule has 0 aliphatic heterocycles. The van der Waals surface area contributed by atoms with Crippen LogP contribution in [0.4, 0.5) is 0 Å². The molecule has 0 fully saturated rings. The molecule has 0 saturated heterocycles. The summed E-state index contributed by atoms with van der Waals surface area (Å²) in [5.41, 5.74) is -0.355. The Morgan fingerprint density at radius 1 is 1.20 bits per heavy atom. The van der Waals surface area contributed by atoms with Gasteiger partial charge in [0.25, 0.3) is 5.24 Å². The first kappa shape index (κ1) is 12.5. The van der Waals surface area contributed by atoms with Crippen molar-refractivity contribution in [1.82, 2.24) is 0 Å². The molecule has 1 aromatic rings. The minimum absolute atomic E-state index is 0.355. The first-order valence-electron chi connectivity index (χ1n) is 3.46. The summed E-state index contributed by atoms with van der Waals surface area (Å²) in [5, 5.41) is -1.03. The van der Waals surface area contributed by atoms with E-state index in [2.05, 4.69) is 0 Å². The van der Waals surface area contributed by atoms with Crippen molar-refractivity contribution in [1.29, 1.82) is 0 Å². The summed E-state index contributed by atoms with van der Waals surface area (Å²) in [6.45, 7) is 0. The summed E-state index contributed by atoms with van der Waals surface area (Å²) >= 11 is -0.468. The lowest BCUT2D eigenvalue weighted by Crippen LogP contribution is -2.05. The van der Waals surface area contributed by atoms with Crippen LogP contribution in [0.5, 0.6) is 0 Å². The molecule has 0 aromatic heterocycles. The Kier molecular flexibility index (Phi) is 4.12. The number of carbonyl (C=O) groups is 1. The van der Waals surface area contributed by atoms with Crippen LogP contribution in [0.1, 0.15) is 10.4 Å².